The number of anilines is 1. The molecule has 2 aromatic carbocycles. The van der Waals surface area contributed by atoms with Crippen molar-refractivity contribution < 1.29 is 18.4 Å². The summed E-state index contributed by atoms with van der Waals surface area (Å²) in [5.41, 5.74) is 4.63. The molecule has 0 spiro atoms. The minimum absolute atomic E-state index is 0.0465. The lowest BCUT2D eigenvalue weighted by atomic mass is 9.98. The summed E-state index contributed by atoms with van der Waals surface area (Å²) in [5, 5.41) is 4.53. The quantitative estimate of drug-likeness (QED) is 0.366. The zero-order valence-electron chi connectivity index (χ0n) is 18.1. The van der Waals surface area contributed by atoms with Gasteiger partial charge in [-0.2, -0.15) is 0 Å². The maximum Gasteiger partial charge on any atom is 0.340 e. The summed E-state index contributed by atoms with van der Waals surface area (Å²) in [6.07, 6.45) is -0.112. The Hall–Kier alpha value is -3.67. The van der Waals surface area contributed by atoms with Crippen LogP contribution in [0.5, 0.6) is 0 Å². The standard InChI is InChI=1S/C25H23NO5/c1-12-16(5)30-23-14(3)24-20(10-19(12)23)13(2)21(25(29)31-24)11-22(28)26-18-8-6-17(7-9-18)15(4)27/h6-10H,11H2,1-5H3,(H,26,28). The summed E-state index contributed by atoms with van der Waals surface area (Å²) in [7, 11) is 0. The number of aryl methyl sites for hydroxylation is 4. The van der Waals surface area contributed by atoms with Crippen molar-refractivity contribution in [2.24, 2.45) is 0 Å². The lowest BCUT2D eigenvalue weighted by Gasteiger charge is -2.10. The summed E-state index contributed by atoms with van der Waals surface area (Å²) < 4.78 is 11.5. The van der Waals surface area contributed by atoms with E-state index in [-0.39, 0.29) is 18.1 Å². The van der Waals surface area contributed by atoms with E-state index in [2.05, 4.69) is 5.32 Å². The van der Waals surface area contributed by atoms with Crippen molar-refractivity contribution in [1.29, 1.82) is 0 Å². The van der Waals surface area contributed by atoms with Gasteiger partial charge in [0.2, 0.25) is 5.91 Å². The number of carbonyl (C=O) groups excluding carboxylic acids is 2. The molecular weight excluding hydrogens is 394 g/mol. The Balaban J connectivity index is 1.71. The normalized spacial score (nSPS) is 11.3. The van der Waals surface area contributed by atoms with Gasteiger partial charge in [0.1, 0.15) is 16.9 Å². The molecule has 158 valence electrons. The molecule has 0 bridgehead atoms. The van der Waals surface area contributed by atoms with Crippen molar-refractivity contribution in [2.75, 3.05) is 5.32 Å². The fourth-order valence-corrected chi connectivity index (χ4v) is 3.85. The molecule has 4 aromatic rings. The Bertz CT molecular complexity index is 1420. The Labute approximate surface area is 178 Å². The fraction of sp³-hybridized carbons (Fsp3) is 0.240. The van der Waals surface area contributed by atoms with Gasteiger partial charge in [0.15, 0.2) is 5.78 Å². The average molecular weight is 417 g/mol. The van der Waals surface area contributed by atoms with Gasteiger partial charge in [-0.05, 0) is 76.1 Å². The number of furan rings is 1. The van der Waals surface area contributed by atoms with Crippen molar-refractivity contribution in [2.45, 2.75) is 41.0 Å². The highest BCUT2D eigenvalue weighted by Gasteiger charge is 2.20. The molecule has 0 radical (unpaired) electrons. The van der Waals surface area contributed by atoms with E-state index in [1.54, 1.807) is 24.3 Å². The van der Waals surface area contributed by atoms with Gasteiger partial charge < -0.3 is 14.2 Å². The first-order valence-electron chi connectivity index (χ1n) is 10.0. The topological polar surface area (TPSA) is 89.5 Å². The zero-order valence-corrected chi connectivity index (χ0v) is 18.1. The third kappa shape index (κ3) is 3.54. The number of benzene rings is 2. The molecule has 1 amide bonds. The number of hydrogen-bond acceptors (Lipinski definition) is 5. The van der Waals surface area contributed by atoms with E-state index in [0.717, 1.165) is 33.2 Å². The maximum absolute atomic E-state index is 12.7. The number of ketones is 1. The average Bonchev–Trinajstić information content (AvgIpc) is 3.01. The van der Waals surface area contributed by atoms with Crippen molar-refractivity contribution in [1.82, 2.24) is 0 Å². The van der Waals surface area contributed by atoms with Crippen LogP contribution in [0.2, 0.25) is 0 Å². The number of nitrogens with one attached hydrogen (secondary N) is 1. The molecule has 0 aliphatic carbocycles. The van der Waals surface area contributed by atoms with E-state index in [4.69, 9.17) is 8.83 Å². The second kappa shape index (κ2) is 7.54. The SMILES string of the molecule is CC(=O)c1ccc(NC(=O)Cc2c(C)c3cc4c(C)c(C)oc4c(C)c3oc2=O)cc1. The van der Waals surface area contributed by atoms with Gasteiger partial charge in [-0.1, -0.05) is 0 Å². The van der Waals surface area contributed by atoms with Gasteiger partial charge in [-0.25, -0.2) is 4.79 Å². The Morgan fingerprint density at radius 3 is 2.13 bits per heavy atom. The number of hydrogen-bond donors (Lipinski definition) is 1. The number of fused-ring (bicyclic) bond motifs is 2. The number of Topliss-reactive ketones (excluding diaryl/α,β-unsaturated/α-hetero) is 1. The van der Waals surface area contributed by atoms with Crippen LogP contribution in [0.15, 0.2) is 44.0 Å². The highest BCUT2D eigenvalue weighted by atomic mass is 16.4. The van der Waals surface area contributed by atoms with Crippen LogP contribution in [0, 0.1) is 27.7 Å². The molecule has 0 aliphatic rings. The van der Waals surface area contributed by atoms with Gasteiger partial charge in [0.05, 0.1) is 12.0 Å². The van der Waals surface area contributed by atoms with Crippen LogP contribution in [0.4, 0.5) is 5.69 Å². The molecule has 0 atom stereocenters. The van der Waals surface area contributed by atoms with Crippen LogP contribution in [0.25, 0.3) is 21.9 Å². The Kier molecular flexibility index (Phi) is 5.01. The van der Waals surface area contributed by atoms with E-state index >= 15 is 0 Å². The van der Waals surface area contributed by atoms with E-state index in [0.29, 0.717) is 28.0 Å². The predicted molar refractivity (Wildman–Crippen MR) is 120 cm³/mol. The summed E-state index contributed by atoms with van der Waals surface area (Å²) in [6.45, 7) is 9.08. The molecule has 0 saturated carbocycles. The molecule has 4 rings (SSSR count). The lowest BCUT2D eigenvalue weighted by Crippen LogP contribution is -2.20. The number of amides is 1. The van der Waals surface area contributed by atoms with Crippen LogP contribution in [0.3, 0.4) is 0 Å². The summed E-state index contributed by atoms with van der Waals surface area (Å²) in [4.78, 5) is 36.7. The largest absolute Gasteiger partial charge is 0.461 e. The molecule has 31 heavy (non-hydrogen) atoms. The van der Waals surface area contributed by atoms with Crippen LogP contribution in [-0.2, 0) is 11.2 Å². The van der Waals surface area contributed by atoms with E-state index in [9.17, 15) is 14.4 Å². The first-order valence-corrected chi connectivity index (χ1v) is 10.0. The third-order valence-corrected chi connectivity index (χ3v) is 5.86. The third-order valence-electron chi connectivity index (χ3n) is 5.86. The van der Waals surface area contributed by atoms with Crippen LogP contribution in [0.1, 0.15) is 45.3 Å². The van der Waals surface area contributed by atoms with Gasteiger partial charge in [0, 0.05) is 27.6 Å². The Morgan fingerprint density at radius 1 is 0.871 bits per heavy atom. The maximum atomic E-state index is 12.7. The van der Waals surface area contributed by atoms with Crippen molar-refractivity contribution in [3.63, 3.8) is 0 Å². The molecular formula is C25H23NO5. The molecule has 1 N–H and O–H groups in total. The summed E-state index contributed by atoms with van der Waals surface area (Å²) in [5.74, 6) is 0.442. The van der Waals surface area contributed by atoms with Gasteiger partial charge >= 0.3 is 5.63 Å². The van der Waals surface area contributed by atoms with Crippen LogP contribution < -0.4 is 10.9 Å². The molecule has 2 heterocycles. The van der Waals surface area contributed by atoms with Gasteiger partial charge in [-0.15, -0.1) is 0 Å². The molecule has 6 heteroatoms. The first-order chi connectivity index (χ1) is 14.7. The van der Waals surface area contributed by atoms with E-state index < -0.39 is 5.63 Å². The predicted octanol–water partition coefficient (Wildman–Crippen LogP) is 5.16. The molecule has 0 aliphatic heterocycles. The lowest BCUT2D eigenvalue weighted by molar-refractivity contribution is -0.115. The van der Waals surface area contributed by atoms with Crippen LogP contribution >= 0.6 is 0 Å². The highest BCUT2D eigenvalue weighted by molar-refractivity contribution is 6.01. The number of rotatable bonds is 4. The highest BCUT2D eigenvalue weighted by Crippen LogP contribution is 2.34. The molecule has 2 aromatic heterocycles. The van der Waals surface area contributed by atoms with Gasteiger partial charge in [0.25, 0.3) is 0 Å². The van der Waals surface area contributed by atoms with E-state index in [1.807, 2.05) is 33.8 Å². The minimum Gasteiger partial charge on any atom is -0.461 e. The Morgan fingerprint density at radius 2 is 1.48 bits per heavy atom. The molecule has 6 nitrogen and oxygen atoms in total. The first kappa shape index (κ1) is 20.6. The molecule has 0 unspecified atom stereocenters. The zero-order chi connectivity index (χ0) is 22.4. The monoisotopic (exact) mass is 417 g/mol. The number of carbonyl (C=O) groups is 2. The van der Waals surface area contributed by atoms with Gasteiger partial charge in [-0.3, -0.25) is 9.59 Å². The smallest absolute Gasteiger partial charge is 0.340 e. The molecule has 0 saturated heterocycles. The fourth-order valence-electron chi connectivity index (χ4n) is 3.85. The summed E-state index contributed by atoms with van der Waals surface area (Å²) >= 11 is 0. The van der Waals surface area contributed by atoms with Crippen molar-refractivity contribution in [3.05, 3.63) is 74.3 Å². The second-order valence-corrected chi connectivity index (χ2v) is 7.89. The minimum atomic E-state index is -0.533. The summed E-state index contributed by atoms with van der Waals surface area (Å²) in [6, 6.07) is 8.58. The van der Waals surface area contributed by atoms with Crippen LogP contribution in [-0.4, -0.2) is 11.7 Å². The van der Waals surface area contributed by atoms with Crippen molar-refractivity contribution >= 4 is 39.3 Å². The van der Waals surface area contributed by atoms with Crippen molar-refractivity contribution in [3.8, 4) is 0 Å². The molecule has 0 fully saturated rings. The second-order valence-electron chi connectivity index (χ2n) is 7.89. The van der Waals surface area contributed by atoms with E-state index in [1.165, 1.54) is 6.92 Å².